The number of rotatable bonds is 16. The van der Waals surface area contributed by atoms with E-state index < -0.39 is 54.0 Å². The summed E-state index contributed by atoms with van der Waals surface area (Å²) in [6.45, 7) is 1.68. The molecule has 2 heterocycles. The summed E-state index contributed by atoms with van der Waals surface area (Å²) >= 11 is 0. The number of imidazole rings is 2. The minimum atomic E-state index is -1.43. The number of nitrogens with one attached hydrogen (secondary N) is 5. The third-order valence-electron chi connectivity index (χ3n) is 5.57. The number of hydrogen-bond donors (Lipinski definition) is 9. The number of nitrogens with zero attached hydrogens (tertiary/aromatic N) is 2. The summed E-state index contributed by atoms with van der Waals surface area (Å²) in [6.07, 6.45) is 5.75. The average molecular weight is 522 g/mol. The number of carbonyl (C=O) groups is 4. The fraction of sp³-hybridized carbons (Fsp3) is 0.545. The van der Waals surface area contributed by atoms with E-state index in [1.165, 1.54) is 32.0 Å². The second-order valence-electron chi connectivity index (χ2n) is 8.64. The van der Waals surface area contributed by atoms with Gasteiger partial charge in [-0.1, -0.05) is 0 Å². The lowest BCUT2D eigenvalue weighted by atomic mass is 10.1. The van der Waals surface area contributed by atoms with Gasteiger partial charge in [0, 0.05) is 36.6 Å². The first kappa shape index (κ1) is 29.4. The molecule has 0 aliphatic rings. The summed E-state index contributed by atoms with van der Waals surface area (Å²) in [5, 5.41) is 27.0. The Balaban J connectivity index is 2.11. The summed E-state index contributed by atoms with van der Waals surface area (Å²) in [6, 6.07) is -4.89. The van der Waals surface area contributed by atoms with Crippen molar-refractivity contribution in [2.24, 2.45) is 11.5 Å². The number of unbranched alkanes of at least 4 members (excludes halogenated alkanes) is 1. The van der Waals surface area contributed by atoms with Crippen molar-refractivity contribution in [3.05, 3.63) is 36.4 Å². The van der Waals surface area contributed by atoms with Crippen molar-refractivity contribution < 1.29 is 29.4 Å². The third-order valence-corrected chi connectivity index (χ3v) is 5.57. The number of carboxylic acids is 1. The normalized spacial score (nSPS) is 15.1. The lowest BCUT2D eigenvalue weighted by molar-refractivity contribution is -0.142. The van der Waals surface area contributed by atoms with Gasteiger partial charge >= 0.3 is 5.97 Å². The number of carbonyl (C=O) groups excluding carboxylic acids is 3. The number of aliphatic carboxylic acids is 1. The summed E-state index contributed by atoms with van der Waals surface area (Å²) < 4.78 is 0. The summed E-state index contributed by atoms with van der Waals surface area (Å²) in [4.78, 5) is 63.7. The number of aromatic amines is 2. The molecule has 0 radical (unpaired) electrons. The molecule has 37 heavy (non-hydrogen) atoms. The van der Waals surface area contributed by atoms with Crippen molar-refractivity contribution in [2.45, 2.75) is 69.3 Å². The Hall–Kier alpha value is -3.82. The maximum absolute atomic E-state index is 13.1. The highest BCUT2D eigenvalue weighted by atomic mass is 16.4. The van der Waals surface area contributed by atoms with Crippen LogP contribution in [0.25, 0.3) is 0 Å². The van der Waals surface area contributed by atoms with E-state index in [9.17, 15) is 29.4 Å². The topological polar surface area (TPSA) is 254 Å². The van der Waals surface area contributed by atoms with E-state index in [-0.39, 0.29) is 19.3 Å². The molecule has 11 N–H and O–H groups in total. The summed E-state index contributed by atoms with van der Waals surface area (Å²) in [5.74, 6) is -3.53. The van der Waals surface area contributed by atoms with E-state index in [0.29, 0.717) is 30.8 Å². The van der Waals surface area contributed by atoms with Crippen molar-refractivity contribution >= 4 is 23.7 Å². The van der Waals surface area contributed by atoms with Gasteiger partial charge in [0.25, 0.3) is 0 Å². The molecule has 0 fully saturated rings. The molecule has 0 aliphatic carbocycles. The molecule has 3 amide bonds. The zero-order valence-corrected chi connectivity index (χ0v) is 20.5. The molecule has 5 unspecified atom stereocenters. The number of H-pyrrole nitrogens is 2. The van der Waals surface area contributed by atoms with Crippen LogP contribution in [0, 0.1) is 0 Å². The zero-order chi connectivity index (χ0) is 27.4. The fourth-order valence-electron chi connectivity index (χ4n) is 3.50. The predicted octanol–water partition coefficient (Wildman–Crippen LogP) is -2.71. The first-order valence-electron chi connectivity index (χ1n) is 11.8. The average Bonchev–Trinajstić information content (AvgIpc) is 3.55. The molecule has 0 spiro atoms. The molecule has 0 aliphatic heterocycles. The summed E-state index contributed by atoms with van der Waals surface area (Å²) in [7, 11) is 0. The van der Waals surface area contributed by atoms with E-state index in [1.807, 2.05) is 0 Å². The van der Waals surface area contributed by atoms with Crippen molar-refractivity contribution in [2.75, 3.05) is 6.54 Å². The highest BCUT2D eigenvalue weighted by molar-refractivity contribution is 5.94. The Bertz CT molecular complexity index is 996. The van der Waals surface area contributed by atoms with E-state index >= 15 is 0 Å². The van der Waals surface area contributed by atoms with Crippen molar-refractivity contribution in [3.8, 4) is 0 Å². The van der Waals surface area contributed by atoms with Gasteiger partial charge in [-0.25, -0.2) is 14.8 Å². The van der Waals surface area contributed by atoms with Gasteiger partial charge in [-0.3, -0.25) is 14.4 Å². The maximum atomic E-state index is 13.1. The van der Waals surface area contributed by atoms with Gasteiger partial charge in [-0.05, 0) is 32.7 Å². The Morgan fingerprint density at radius 2 is 1.51 bits per heavy atom. The van der Waals surface area contributed by atoms with Crippen LogP contribution in [0.15, 0.2) is 25.0 Å². The standard InChI is InChI=1S/C22H35N9O6/c1-12(32)18(31-19(33)15(24)6-13-8-25-10-27-13)21(35)30-17(7-14-9-26-11-28-14)20(34)29-16(22(36)37)4-2-3-5-23/h8-12,15-18,32H,2-7,23-24H2,1H3,(H,25,27)(H,26,28)(H,29,34)(H,30,35)(H,31,33)(H,36,37). The number of nitrogens with two attached hydrogens (primary N) is 2. The molecule has 15 heteroatoms. The minimum Gasteiger partial charge on any atom is -0.480 e. The molecule has 0 bridgehead atoms. The van der Waals surface area contributed by atoms with Gasteiger partial charge in [0.05, 0.1) is 24.8 Å². The molecule has 5 atom stereocenters. The molecule has 204 valence electrons. The molecule has 0 saturated heterocycles. The van der Waals surface area contributed by atoms with Crippen LogP contribution in [0.5, 0.6) is 0 Å². The number of aliphatic hydroxyl groups is 1. The Morgan fingerprint density at radius 3 is 2.03 bits per heavy atom. The number of hydrogen-bond acceptors (Lipinski definition) is 9. The van der Waals surface area contributed by atoms with Crippen molar-refractivity contribution in [3.63, 3.8) is 0 Å². The van der Waals surface area contributed by atoms with E-state index in [2.05, 4.69) is 35.9 Å². The Labute approximate surface area is 213 Å². The maximum Gasteiger partial charge on any atom is 0.326 e. The van der Waals surface area contributed by atoms with Crippen LogP contribution in [0.1, 0.15) is 37.6 Å². The monoisotopic (exact) mass is 521 g/mol. The number of carboxylic acid groups (broad SMARTS) is 1. The van der Waals surface area contributed by atoms with Crippen molar-refractivity contribution in [1.29, 1.82) is 0 Å². The van der Waals surface area contributed by atoms with E-state index in [0.717, 1.165) is 0 Å². The van der Waals surface area contributed by atoms with E-state index in [4.69, 9.17) is 11.5 Å². The van der Waals surface area contributed by atoms with Crippen molar-refractivity contribution in [1.82, 2.24) is 35.9 Å². The van der Waals surface area contributed by atoms with E-state index in [1.54, 1.807) is 0 Å². The second kappa shape index (κ2) is 14.7. The first-order valence-corrected chi connectivity index (χ1v) is 11.8. The van der Waals surface area contributed by atoms with Crippen LogP contribution >= 0.6 is 0 Å². The second-order valence-corrected chi connectivity index (χ2v) is 8.64. The van der Waals surface area contributed by atoms with Gasteiger partial charge in [0.15, 0.2) is 0 Å². The SMILES string of the molecule is CC(O)C(NC(=O)C(N)Cc1cnc[nH]1)C(=O)NC(Cc1cnc[nH]1)C(=O)NC(CCCCN)C(=O)O. The first-order chi connectivity index (χ1) is 17.6. The predicted molar refractivity (Wildman–Crippen MR) is 131 cm³/mol. The molecule has 2 aromatic rings. The molecule has 0 saturated carbocycles. The largest absolute Gasteiger partial charge is 0.480 e. The Morgan fingerprint density at radius 1 is 0.919 bits per heavy atom. The lowest BCUT2D eigenvalue weighted by Gasteiger charge is -2.26. The number of aliphatic hydroxyl groups excluding tert-OH is 1. The van der Waals surface area contributed by atoms with Crippen LogP contribution in [0.3, 0.4) is 0 Å². The Kier molecular flexibility index (Phi) is 11.7. The summed E-state index contributed by atoms with van der Waals surface area (Å²) in [5.41, 5.74) is 12.5. The molecular weight excluding hydrogens is 486 g/mol. The van der Waals surface area contributed by atoms with Gasteiger partial charge in [0.2, 0.25) is 17.7 Å². The van der Waals surface area contributed by atoms with Crippen LogP contribution in [-0.4, -0.2) is 90.7 Å². The highest BCUT2D eigenvalue weighted by Crippen LogP contribution is 2.06. The zero-order valence-electron chi connectivity index (χ0n) is 20.5. The molecule has 2 aromatic heterocycles. The van der Waals surface area contributed by atoms with Crippen LogP contribution in [0.4, 0.5) is 0 Å². The minimum absolute atomic E-state index is 0.0491. The number of amides is 3. The fourth-order valence-corrected chi connectivity index (χ4v) is 3.50. The van der Waals surface area contributed by atoms with Gasteiger partial charge in [0.1, 0.15) is 18.1 Å². The van der Waals surface area contributed by atoms with Crippen LogP contribution < -0.4 is 27.4 Å². The molecule has 2 rings (SSSR count). The van der Waals surface area contributed by atoms with Crippen LogP contribution in [-0.2, 0) is 32.0 Å². The van der Waals surface area contributed by atoms with Gasteiger partial charge < -0.3 is 47.6 Å². The molecule has 15 nitrogen and oxygen atoms in total. The van der Waals surface area contributed by atoms with Crippen LogP contribution in [0.2, 0.25) is 0 Å². The smallest absolute Gasteiger partial charge is 0.326 e. The van der Waals surface area contributed by atoms with Gasteiger partial charge in [-0.15, -0.1) is 0 Å². The molecule has 0 aromatic carbocycles. The molecular formula is C22H35N9O6. The number of aromatic nitrogens is 4. The quantitative estimate of drug-likeness (QED) is 0.103. The van der Waals surface area contributed by atoms with Gasteiger partial charge in [-0.2, -0.15) is 0 Å². The third kappa shape index (κ3) is 9.63. The highest BCUT2D eigenvalue weighted by Gasteiger charge is 2.32. The lowest BCUT2D eigenvalue weighted by Crippen LogP contribution is -2.60.